The molecule has 18 heavy (non-hydrogen) atoms. The molecule has 0 aliphatic heterocycles. The van der Waals surface area contributed by atoms with Gasteiger partial charge in [-0.2, -0.15) is 5.10 Å². The molecule has 2 aromatic heterocycles. The molecule has 88 valence electrons. The minimum atomic E-state index is 0.734. The maximum absolute atomic E-state index is 4.50. The second-order valence-corrected chi connectivity index (χ2v) is 3.86. The fourth-order valence-electron chi connectivity index (χ4n) is 1.77. The molecule has 2 heterocycles. The van der Waals surface area contributed by atoms with Gasteiger partial charge in [-0.3, -0.25) is 0 Å². The quantitative estimate of drug-likeness (QED) is 0.684. The largest absolute Gasteiger partial charge is 0.239 e. The van der Waals surface area contributed by atoms with E-state index in [1.807, 2.05) is 37.3 Å². The van der Waals surface area contributed by atoms with E-state index in [0.29, 0.717) is 0 Å². The Morgan fingerprint density at radius 2 is 1.94 bits per heavy atom. The van der Waals surface area contributed by atoms with Crippen molar-refractivity contribution in [2.75, 3.05) is 0 Å². The highest BCUT2D eigenvalue weighted by Gasteiger charge is 2.10. The standard InChI is InChI=1S/C13H11N5/c1-10-15-7-12(18-9-14-8-16-18)13(17-10)11-5-3-2-4-6-11/h2-9H,1H3. The fourth-order valence-corrected chi connectivity index (χ4v) is 1.77. The van der Waals surface area contributed by atoms with Gasteiger partial charge in [0.15, 0.2) is 0 Å². The van der Waals surface area contributed by atoms with Gasteiger partial charge in [0.25, 0.3) is 0 Å². The smallest absolute Gasteiger partial charge is 0.138 e. The minimum absolute atomic E-state index is 0.734. The third kappa shape index (κ3) is 1.86. The number of benzene rings is 1. The van der Waals surface area contributed by atoms with Gasteiger partial charge < -0.3 is 0 Å². The molecule has 0 atom stereocenters. The molecular formula is C13H11N5. The van der Waals surface area contributed by atoms with Crippen molar-refractivity contribution in [3.63, 3.8) is 0 Å². The second-order valence-electron chi connectivity index (χ2n) is 3.86. The Kier molecular flexibility index (Phi) is 2.57. The van der Waals surface area contributed by atoms with E-state index in [-0.39, 0.29) is 0 Å². The molecule has 0 unspecified atom stereocenters. The first-order valence-corrected chi connectivity index (χ1v) is 5.58. The predicted molar refractivity (Wildman–Crippen MR) is 67.1 cm³/mol. The Balaban J connectivity index is 2.22. The molecule has 0 fully saturated rings. The van der Waals surface area contributed by atoms with E-state index in [1.54, 1.807) is 17.2 Å². The van der Waals surface area contributed by atoms with Crippen molar-refractivity contribution in [2.24, 2.45) is 0 Å². The molecule has 5 nitrogen and oxygen atoms in total. The average Bonchev–Trinajstić information content (AvgIpc) is 2.93. The third-order valence-electron chi connectivity index (χ3n) is 2.60. The van der Waals surface area contributed by atoms with E-state index < -0.39 is 0 Å². The number of hydrogen-bond acceptors (Lipinski definition) is 4. The monoisotopic (exact) mass is 237 g/mol. The van der Waals surface area contributed by atoms with Crippen molar-refractivity contribution in [3.05, 3.63) is 55.0 Å². The fraction of sp³-hybridized carbons (Fsp3) is 0.0769. The summed E-state index contributed by atoms with van der Waals surface area (Å²) < 4.78 is 1.67. The van der Waals surface area contributed by atoms with Crippen molar-refractivity contribution in [2.45, 2.75) is 6.92 Å². The van der Waals surface area contributed by atoms with Gasteiger partial charge in [0, 0.05) is 5.56 Å². The van der Waals surface area contributed by atoms with Crippen LogP contribution in [0.3, 0.4) is 0 Å². The lowest BCUT2D eigenvalue weighted by Crippen LogP contribution is -2.02. The summed E-state index contributed by atoms with van der Waals surface area (Å²) >= 11 is 0. The molecule has 0 aliphatic rings. The van der Waals surface area contributed by atoms with Crippen LogP contribution in [0.5, 0.6) is 0 Å². The minimum Gasteiger partial charge on any atom is -0.239 e. The zero-order chi connectivity index (χ0) is 12.4. The van der Waals surface area contributed by atoms with Crippen molar-refractivity contribution in [3.8, 4) is 16.9 Å². The van der Waals surface area contributed by atoms with Crippen molar-refractivity contribution in [1.82, 2.24) is 24.7 Å². The van der Waals surface area contributed by atoms with Crippen molar-refractivity contribution in [1.29, 1.82) is 0 Å². The Hall–Kier alpha value is -2.56. The van der Waals surface area contributed by atoms with Crippen LogP contribution in [0.2, 0.25) is 0 Å². The van der Waals surface area contributed by atoms with E-state index in [1.165, 1.54) is 6.33 Å². The van der Waals surface area contributed by atoms with Gasteiger partial charge in [-0.15, -0.1) is 0 Å². The van der Waals surface area contributed by atoms with Gasteiger partial charge in [0.1, 0.15) is 24.2 Å². The number of rotatable bonds is 2. The third-order valence-corrected chi connectivity index (χ3v) is 2.60. The summed E-state index contributed by atoms with van der Waals surface area (Å²) in [6, 6.07) is 9.98. The molecule has 1 aromatic carbocycles. The Bertz CT molecular complexity index is 646. The molecular weight excluding hydrogens is 226 g/mol. The molecule has 0 amide bonds. The van der Waals surface area contributed by atoms with Gasteiger partial charge in [-0.1, -0.05) is 30.3 Å². The SMILES string of the molecule is Cc1ncc(-n2cncn2)c(-c2ccccc2)n1. The van der Waals surface area contributed by atoms with Crippen LogP contribution in [0.4, 0.5) is 0 Å². The molecule has 5 heteroatoms. The van der Waals surface area contributed by atoms with Crippen LogP contribution < -0.4 is 0 Å². The van der Waals surface area contributed by atoms with Gasteiger partial charge in [-0.25, -0.2) is 19.6 Å². The maximum Gasteiger partial charge on any atom is 0.138 e. The van der Waals surface area contributed by atoms with Gasteiger partial charge in [0.05, 0.1) is 11.9 Å². The highest BCUT2D eigenvalue weighted by atomic mass is 15.3. The average molecular weight is 237 g/mol. The van der Waals surface area contributed by atoms with Crippen LogP contribution in [0.1, 0.15) is 5.82 Å². The van der Waals surface area contributed by atoms with Crippen LogP contribution in [-0.2, 0) is 0 Å². The maximum atomic E-state index is 4.50. The Morgan fingerprint density at radius 1 is 1.11 bits per heavy atom. The number of nitrogens with zero attached hydrogens (tertiary/aromatic N) is 5. The van der Waals surface area contributed by atoms with Crippen LogP contribution in [-0.4, -0.2) is 24.7 Å². The number of hydrogen-bond donors (Lipinski definition) is 0. The number of aryl methyl sites for hydroxylation is 1. The highest BCUT2D eigenvalue weighted by Crippen LogP contribution is 2.23. The number of aromatic nitrogens is 5. The summed E-state index contributed by atoms with van der Waals surface area (Å²) in [4.78, 5) is 12.7. The summed E-state index contributed by atoms with van der Waals surface area (Å²) in [6.45, 7) is 1.87. The first-order valence-electron chi connectivity index (χ1n) is 5.58. The molecule has 0 N–H and O–H groups in total. The summed E-state index contributed by atoms with van der Waals surface area (Å²) in [5.74, 6) is 0.734. The van der Waals surface area contributed by atoms with Crippen LogP contribution in [0, 0.1) is 6.92 Å². The molecule has 0 radical (unpaired) electrons. The van der Waals surface area contributed by atoms with E-state index in [0.717, 1.165) is 22.8 Å². The lowest BCUT2D eigenvalue weighted by molar-refractivity contribution is 0.858. The predicted octanol–water partition coefficient (Wildman–Crippen LogP) is 2.03. The summed E-state index contributed by atoms with van der Waals surface area (Å²) in [6.07, 6.45) is 4.90. The molecule has 3 aromatic rings. The Morgan fingerprint density at radius 3 is 2.67 bits per heavy atom. The van der Waals surface area contributed by atoms with Crippen LogP contribution in [0.25, 0.3) is 16.9 Å². The molecule has 3 rings (SSSR count). The van der Waals surface area contributed by atoms with Gasteiger partial charge in [-0.05, 0) is 6.92 Å². The first-order chi connectivity index (χ1) is 8.84. The van der Waals surface area contributed by atoms with Crippen LogP contribution in [0.15, 0.2) is 49.2 Å². The summed E-state index contributed by atoms with van der Waals surface area (Å²) in [5.41, 5.74) is 2.71. The molecule has 0 saturated heterocycles. The van der Waals surface area contributed by atoms with Crippen molar-refractivity contribution >= 4 is 0 Å². The Labute approximate surface area is 104 Å². The first kappa shape index (κ1) is 10.6. The molecule has 0 saturated carbocycles. The van der Waals surface area contributed by atoms with E-state index in [4.69, 9.17) is 0 Å². The lowest BCUT2D eigenvalue weighted by Gasteiger charge is -2.08. The summed E-state index contributed by atoms with van der Waals surface area (Å²) in [7, 11) is 0. The van der Waals surface area contributed by atoms with E-state index in [2.05, 4.69) is 20.1 Å². The zero-order valence-corrected chi connectivity index (χ0v) is 9.85. The van der Waals surface area contributed by atoms with E-state index >= 15 is 0 Å². The van der Waals surface area contributed by atoms with Crippen LogP contribution >= 0.6 is 0 Å². The molecule has 0 spiro atoms. The topological polar surface area (TPSA) is 56.5 Å². The van der Waals surface area contributed by atoms with E-state index in [9.17, 15) is 0 Å². The van der Waals surface area contributed by atoms with Crippen molar-refractivity contribution < 1.29 is 0 Å². The van der Waals surface area contributed by atoms with Gasteiger partial charge >= 0.3 is 0 Å². The highest BCUT2D eigenvalue weighted by molar-refractivity contribution is 5.67. The van der Waals surface area contributed by atoms with Gasteiger partial charge in [0.2, 0.25) is 0 Å². The molecule has 0 bridgehead atoms. The summed E-state index contributed by atoms with van der Waals surface area (Å²) in [5, 5.41) is 4.13. The zero-order valence-electron chi connectivity index (χ0n) is 9.85. The lowest BCUT2D eigenvalue weighted by atomic mass is 10.1. The molecule has 0 aliphatic carbocycles. The second kappa shape index (κ2) is 4.37. The normalized spacial score (nSPS) is 10.5.